The van der Waals surface area contributed by atoms with E-state index in [0.717, 1.165) is 88.3 Å². The van der Waals surface area contributed by atoms with Crippen LogP contribution in [0.25, 0.3) is 0 Å². The molecule has 0 atom stereocenters. The van der Waals surface area contributed by atoms with Crippen molar-refractivity contribution in [3.05, 3.63) is 89.5 Å². The summed E-state index contributed by atoms with van der Waals surface area (Å²) in [5, 5.41) is 0. The average molecular weight is 986 g/mol. The molecule has 3 aromatic rings. The molecule has 3 heteroatoms. The first-order valence-corrected chi connectivity index (χ1v) is 31.3. The lowest BCUT2D eigenvalue weighted by Crippen LogP contribution is -2.25. The number of rotatable bonds is 18. The zero-order valence-electron chi connectivity index (χ0n) is 47.4. The molecule has 6 saturated carbocycles. The Bertz CT molecular complexity index is 1820. The molecule has 6 aliphatic rings. The third-order valence-electron chi connectivity index (χ3n) is 20.6. The van der Waals surface area contributed by atoms with Gasteiger partial charge >= 0.3 is 0 Å². The number of hydrogen-bond acceptors (Lipinski definition) is 3. The van der Waals surface area contributed by atoms with E-state index in [9.17, 15) is 0 Å². The lowest BCUT2D eigenvalue weighted by Gasteiger charge is -2.38. The van der Waals surface area contributed by atoms with E-state index in [-0.39, 0.29) is 0 Å². The van der Waals surface area contributed by atoms with Gasteiger partial charge < -0.3 is 14.2 Å². The van der Waals surface area contributed by atoms with Crippen LogP contribution in [0.2, 0.25) is 0 Å². The Morgan fingerprint density at radius 2 is 0.528 bits per heavy atom. The number of ether oxygens (including phenoxy) is 3. The molecule has 0 amide bonds. The van der Waals surface area contributed by atoms with Crippen LogP contribution in [-0.2, 0) is 0 Å². The molecule has 0 N–H and O–H groups in total. The van der Waals surface area contributed by atoms with E-state index in [1.807, 2.05) is 0 Å². The van der Waals surface area contributed by atoms with Crippen LogP contribution in [0.15, 0.2) is 72.8 Å². The highest BCUT2D eigenvalue weighted by Crippen LogP contribution is 2.48. The highest BCUT2D eigenvalue weighted by atomic mass is 16.5. The van der Waals surface area contributed by atoms with Crippen LogP contribution < -0.4 is 14.2 Å². The van der Waals surface area contributed by atoms with Gasteiger partial charge in [0.2, 0.25) is 0 Å². The summed E-state index contributed by atoms with van der Waals surface area (Å²) in [4.78, 5) is 0. The van der Waals surface area contributed by atoms with Crippen molar-refractivity contribution in [1.29, 1.82) is 0 Å². The summed E-state index contributed by atoms with van der Waals surface area (Å²) in [5.74, 6) is 14.6. The van der Waals surface area contributed by atoms with Gasteiger partial charge in [-0.3, -0.25) is 0 Å². The second-order valence-corrected chi connectivity index (χ2v) is 24.9. The van der Waals surface area contributed by atoms with Crippen molar-refractivity contribution in [3.8, 4) is 17.2 Å². The standard InChI is InChI=1S/C24H38O.C23H36O.C22H34O/c1-3-4-5-6-19-7-9-20(10-8-19)21-11-13-22(14-12-21)23-15-17-24(25-2)18-16-23;1-3-4-5-18-6-8-19(9-7-18)20-10-12-21(13-11-20)22-14-16-23(24-2)17-15-22;1-3-4-17-5-7-18(8-6-17)19-9-11-20(12-10-19)21-13-15-22(23-2)16-14-21/h15-22H,3-14H2,1-2H3;14-21H,3-13H2,1-2H3;13-20H,3-12H2,1-2H3. The van der Waals surface area contributed by atoms with Gasteiger partial charge in [0.25, 0.3) is 0 Å². The van der Waals surface area contributed by atoms with Gasteiger partial charge in [0.1, 0.15) is 17.2 Å². The summed E-state index contributed by atoms with van der Waals surface area (Å²) in [6, 6.07) is 26.4. The van der Waals surface area contributed by atoms with Crippen molar-refractivity contribution in [1.82, 2.24) is 0 Å². The van der Waals surface area contributed by atoms with E-state index in [0.29, 0.717) is 0 Å². The molecule has 6 fully saturated rings. The third-order valence-corrected chi connectivity index (χ3v) is 20.6. The van der Waals surface area contributed by atoms with Gasteiger partial charge in [-0.05, 0) is 240 Å². The molecule has 72 heavy (non-hydrogen) atoms. The van der Waals surface area contributed by atoms with Gasteiger partial charge in [-0.1, -0.05) is 153 Å². The summed E-state index contributed by atoms with van der Waals surface area (Å²) < 4.78 is 15.9. The molecule has 0 radical (unpaired) electrons. The maximum Gasteiger partial charge on any atom is 0.118 e. The molecule has 6 aliphatic carbocycles. The molecule has 9 rings (SSSR count). The van der Waals surface area contributed by atoms with E-state index < -0.39 is 0 Å². The largest absolute Gasteiger partial charge is 0.497 e. The van der Waals surface area contributed by atoms with Crippen LogP contribution in [0.5, 0.6) is 17.2 Å². The number of hydrogen-bond donors (Lipinski definition) is 0. The molecular weight excluding hydrogens is 877 g/mol. The van der Waals surface area contributed by atoms with E-state index in [2.05, 4.69) is 93.6 Å². The first kappa shape index (κ1) is 56.8. The van der Waals surface area contributed by atoms with E-state index in [1.165, 1.54) is 229 Å². The minimum Gasteiger partial charge on any atom is -0.497 e. The van der Waals surface area contributed by atoms with Crippen LogP contribution in [0, 0.1) is 53.3 Å². The highest BCUT2D eigenvalue weighted by Gasteiger charge is 2.34. The van der Waals surface area contributed by atoms with Crippen molar-refractivity contribution < 1.29 is 14.2 Å². The minimum absolute atomic E-state index is 0.785. The predicted octanol–water partition coefficient (Wildman–Crippen LogP) is 20.9. The van der Waals surface area contributed by atoms with Crippen molar-refractivity contribution in [3.63, 3.8) is 0 Å². The molecule has 0 aromatic heterocycles. The Hall–Kier alpha value is -2.94. The average Bonchev–Trinajstić information content (AvgIpc) is 3.46. The Labute approximate surface area is 443 Å². The number of benzene rings is 3. The van der Waals surface area contributed by atoms with E-state index in [1.54, 1.807) is 21.3 Å². The van der Waals surface area contributed by atoms with Crippen molar-refractivity contribution in [2.75, 3.05) is 21.3 Å². The molecule has 0 unspecified atom stereocenters. The Morgan fingerprint density at radius 1 is 0.278 bits per heavy atom. The molecule has 0 bridgehead atoms. The smallest absolute Gasteiger partial charge is 0.118 e. The van der Waals surface area contributed by atoms with Crippen molar-refractivity contribution >= 4 is 0 Å². The van der Waals surface area contributed by atoms with Crippen LogP contribution in [0.4, 0.5) is 0 Å². The van der Waals surface area contributed by atoms with Crippen molar-refractivity contribution in [2.45, 2.75) is 250 Å². The summed E-state index contributed by atoms with van der Waals surface area (Å²) in [7, 11) is 5.24. The van der Waals surface area contributed by atoms with E-state index >= 15 is 0 Å². The van der Waals surface area contributed by atoms with Crippen LogP contribution >= 0.6 is 0 Å². The van der Waals surface area contributed by atoms with Gasteiger partial charge in [0.15, 0.2) is 0 Å². The molecule has 0 saturated heterocycles. The summed E-state index contributed by atoms with van der Waals surface area (Å²) in [6.07, 6.45) is 48.3. The fraction of sp³-hybridized carbons (Fsp3) is 0.739. The van der Waals surface area contributed by atoms with Gasteiger partial charge in [-0.15, -0.1) is 0 Å². The van der Waals surface area contributed by atoms with Gasteiger partial charge in [0, 0.05) is 0 Å². The number of unbranched alkanes of at least 4 members (excludes halogenated alkanes) is 3. The Morgan fingerprint density at radius 3 is 0.778 bits per heavy atom. The summed E-state index contributed by atoms with van der Waals surface area (Å²) in [5.41, 5.74) is 4.58. The normalized spacial score (nSPS) is 30.9. The zero-order valence-corrected chi connectivity index (χ0v) is 47.4. The maximum absolute atomic E-state index is 5.29. The topological polar surface area (TPSA) is 27.7 Å². The van der Waals surface area contributed by atoms with E-state index in [4.69, 9.17) is 14.2 Å². The fourth-order valence-corrected chi connectivity index (χ4v) is 15.8. The highest BCUT2D eigenvalue weighted by molar-refractivity contribution is 5.31. The van der Waals surface area contributed by atoms with Gasteiger partial charge in [-0.2, -0.15) is 0 Å². The monoisotopic (exact) mass is 985 g/mol. The first-order chi connectivity index (χ1) is 35.4. The first-order valence-electron chi connectivity index (χ1n) is 31.3. The molecule has 0 heterocycles. The lowest BCUT2D eigenvalue weighted by molar-refractivity contribution is 0.155. The molecule has 402 valence electrons. The van der Waals surface area contributed by atoms with Gasteiger partial charge in [-0.25, -0.2) is 0 Å². The maximum atomic E-state index is 5.29. The quantitative estimate of drug-likeness (QED) is 0.119. The van der Waals surface area contributed by atoms with Crippen LogP contribution in [-0.4, -0.2) is 21.3 Å². The molecule has 3 aromatic carbocycles. The van der Waals surface area contributed by atoms with Crippen LogP contribution in [0.3, 0.4) is 0 Å². The molecule has 3 nitrogen and oxygen atoms in total. The third kappa shape index (κ3) is 17.6. The zero-order chi connectivity index (χ0) is 50.3. The number of methoxy groups -OCH3 is 3. The van der Waals surface area contributed by atoms with Gasteiger partial charge in [0.05, 0.1) is 21.3 Å². The fourth-order valence-electron chi connectivity index (χ4n) is 15.8. The van der Waals surface area contributed by atoms with Crippen LogP contribution in [0.1, 0.15) is 267 Å². The predicted molar refractivity (Wildman–Crippen MR) is 308 cm³/mol. The molecule has 0 aliphatic heterocycles. The lowest BCUT2D eigenvalue weighted by atomic mass is 9.68. The minimum atomic E-state index is 0.785. The summed E-state index contributed by atoms with van der Waals surface area (Å²) >= 11 is 0. The Kier molecular flexibility index (Phi) is 24.6. The second-order valence-electron chi connectivity index (χ2n) is 24.9. The van der Waals surface area contributed by atoms with Crippen molar-refractivity contribution in [2.24, 2.45) is 53.3 Å². The molecular formula is C69H108O3. The SMILES string of the molecule is CCCC1CCC(C2CCC(c3ccc(OC)cc3)CC2)CC1.CCCCC1CCC(C2CCC(c3ccc(OC)cc3)CC2)CC1.CCCCCC1CCC(C2CCC(c3ccc(OC)cc3)CC2)CC1. The molecule has 0 spiro atoms. The summed E-state index contributed by atoms with van der Waals surface area (Å²) in [6.45, 7) is 6.98. The Balaban J connectivity index is 0.000000159. The second kappa shape index (κ2) is 31.2.